The second-order valence-electron chi connectivity index (χ2n) is 5.78. The van der Waals surface area contributed by atoms with Crippen LogP contribution in [0.25, 0.3) is 0 Å². The SMILES string of the molecule is CCN1CCCC1Cn1cncc1C(N)c1ccccc1. The molecule has 2 N–H and O–H groups in total. The Hall–Kier alpha value is -1.65. The Kier molecular flexibility index (Phi) is 4.36. The molecule has 1 aliphatic heterocycles. The molecule has 2 aromatic rings. The molecule has 4 heteroatoms. The first-order valence-electron chi connectivity index (χ1n) is 7.84. The minimum atomic E-state index is -0.106. The maximum Gasteiger partial charge on any atom is 0.0949 e. The van der Waals surface area contributed by atoms with Crippen LogP contribution in [0.2, 0.25) is 0 Å². The van der Waals surface area contributed by atoms with Crippen molar-refractivity contribution in [1.29, 1.82) is 0 Å². The molecule has 112 valence electrons. The number of hydrogen-bond acceptors (Lipinski definition) is 3. The molecule has 1 saturated heterocycles. The third-order valence-corrected chi connectivity index (χ3v) is 4.53. The van der Waals surface area contributed by atoms with E-state index in [4.69, 9.17) is 5.73 Å². The molecule has 1 aromatic heterocycles. The van der Waals surface area contributed by atoms with Gasteiger partial charge >= 0.3 is 0 Å². The summed E-state index contributed by atoms with van der Waals surface area (Å²) < 4.78 is 2.23. The first kappa shape index (κ1) is 14.3. The highest BCUT2D eigenvalue weighted by molar-refractivity contribution is 5.26. The fourth-order valence-electron chi connectivity index (χ4n) is 3.32. The third-order valence-electron chi connectivity index (χ3n) is 4.53. The molecule has 0 saturated carbocycles. The van der Waals surface area contributed by atoms with Gasteiger partial charge in [-0.3, -0.25) is 4.90 Å². The normalized spacial score (nSPS) is 20.8. The number of nitrogens with zero attached hydrogens (tertiary/aromatic N) is 3. The number of hydrogen-bond donors (Lipinski definition) is 1. The average Bonchev–Trinajstić information content (AvgIpc) is 3.17. The molecule has 0 amide bonds. The number of rotatable bonds is 5. The van der Waals surface area contributed by atoms with Crippen molar-refractivity contribution in [2.75, 3.05) is 13.1 Å². The largest absolute Gasteiger partial charge is 0.331 e. The van der Waals surface area contributed by atoms with Crippen molar-refractivity contribution < 1.29 is 0 Å². The summed E-state index contributed by atoms with van der Waals surface area (Å²) in [5.41, 5.74) is 8.67. The molecule has 4 nitrogen and oxygen atoms in total. The Morgan fingerprint density at radius 3 is 2.90 bits per heavy atom. The molecule has 1 aliphatic rings. The summed E-state index contributed by atoms with van der Waals surface area (Å²) in [7, 11) is 0. The summed E-state index contributed by atoms with van der Waals surface area (Å²) in [6.45, 7) is 5.57. The van der Waals surface area contributed by atoms with Gasteiger partial charge in [0.15, 0.2) is 0 Å². The smallest absolute Gasteiger partial charge is 0.0949 e. The molecule has 0 aliphatic carbocycles. The molecule has 2 atom stereocenters. The van der Waals surface area contributed by atoms with Crippen LogP contribution in [0.15, 0.2) is 42.9 Å². The van der Waals surface area contributed by atoms with Crippen molar-refractivity contribution >= 4 is 0 Å². The quantitative estimate of drug-likeness (QED) is 0.917. The van der Waals surface area contributed by atoms with Crippen LogP contribution < -0.4 is 5.73 Å². The van der Waals surface area contributed by atoms with Crippen LogP contribution in [-0.2, 0) is 6.54 Å². The highest BCUT2D eigenvalue weighted by Gasteiger charge is 2.24. The lowest BCUT2D eigenvalue weighted by molar-refractivity contribution is 0.242. The molecule has 1 aromatic carbocycles. The number of likely N-dealkylation sites (tertiary alicyclic amines) is 1. The summed E-state index contributed by atoms with van der Waals surface area (Å²) in [6, 6.07) is 10.8. The summed E-state index contributed by atoms with van der Waals surface area (Å²) >= 11 is 0. The summed E-state index contributed by atoms with van der Waals surface area (Å²) in [4.78, 5) is 6.88. The van der Waals surface area contributed by atoms with E-state index in [-0.39, 0.29) is 6.04 Å². The first-order valence-corrected chi connectivity index (χ1v) is 7.84. The van der Waals surface area contributed by atoms with Crippen molar-refractivity contribution in [3.63, 3.8) is 0 Å². The van der Waals surface area contributed by atoms with E-state index >= 15 is 0 Å². The standard InChI is InChI=1S/C17H24N4/c1-2-20-10-6-9-15(20)12-21-13-19-11-16(21)17(18)14-7-4-3-5-8-14/h3-5,7-8,11,13,15,17H,2,6,9-10,12,18H2,1H3. The van der Waals surface area contributed by atoms with Gasteiger partial charge in [0.05, 0.1) is 24.3 Å². The van der Waals surface area contributed by atoms with Gasteiger partial charge < -0.3 is 10.3 Å². The minimum Gasteiger partial charge on any atom is -0.331 e. The van der Waals surface area contributed by atoms with Gasteiger partial charge in [-0.25, -0.2) is 4.98 Å². The molecule has 21 heavy (non-hydrogen) atoms. The van der Waals surface area contributed by atoms with E-state index in [1.165, 1.54) is 19.4 Å². The molecule has 0 spiro atoms. The first-order chi connectivity index (χ1) is 10.3. The van der Waals surface area contributed by atoms with Gasteiger partial charge in [0.25, 0.3) is 0 Å². The second kappa shape index (κ2) is 6.41. The zero-order valence-corrected chi connectivity index (χ0v) is 12.7. The minimum absolute atomic E-state index is 0.106. The molecular formula is C17H24N4. The maximum absolute atomic E-state index is 6.43. The van der Waals surface area contributed by atoms with Gasteiger partial charge in [0.1, 0.15) is 0 Å². The number of imidazole rings is 1. The van der Waals surface area contributed by atoms with E-state index in [1.807, 2.05) is 30.7 Å². The van der Waals surface area contributed by atoms with Crippen LogP contribution in [0.1, 0.15) is 37.1 Å². The molecule has 0 bridgehead atoms. The average molecular weight is 284 g/mol. The summed E-state index contributed by atoms with van der Waals surface area (Å²) in [6.07, 6.45) is 6.40. The molecule has 3 rings (SSSR count). The van der Waals surface area contributed by atoms with Crippen molar-refractivity contribution in [3.8, 4) is 0 Å². The lowest BCUT2D eigenvalue weighted by atomic mass is 10.1. The van der Waals surface area contributed by atoms with Crippen LogP contribution in [0.3, 0.4) is 0 Å². The van der Waals surface area contributed by atoms with E-state index in [0.29, 0.717) is 6.04 Å². The number of nitrogens with two attached hydrogens (primary N) is 1. The van der Waals surface area contributed by atoms with Gasteiger partial charge in [-0.15, -0.1) is 0 Å². The van der Waals surface area contributed by atoms with Gasteiger partial charge in [-0.2, -0.15) is 0 Å². The van der Waals surface area contributed by atoms with E-state index in [1.54, 1.807) is 0 Å². The monoisotopic (exact) mass is 284 g/mol. The number of likely N-dealkylation sites (N-methyl/N-ethyl adjacent to an activating group) is 1. The lowest BCUT2D eigenvalue weighted by Crippen LogP contribution is -2.33. The fraction of sp³-hybridized carbons (Fsp3) is 0.471. The molecule has 2 unspecified atom stereocenters. The molecule has 0 radical (unpaired) electrons. The summed E-state index contributed by atoms with van der Waals surface area (Å²) in [5, 5.41) is 0. The van der Waals surface area contributed by atoms with E-state index in [0.717, 1.165) is 24.3 Å². The van der Waals surface area contributed by atoms with Crippen LogP contribution in [0.5, 0.6) is 0 Å². The number of aromatic nitrogens is 2. The van der Waals surface area contributed by atoms with E-state index in [2.05, 4.69) is 33.5 Å². The van der Waals surface area contributed by atoms with Gasteiger partial charge in [-0.05, 0) is 31.5 Å². The Balaban J connectivity index is 1.78. The topological polar surface area (TPSA) is 47.1 Å². The second-order valence-corrected chi connectivity index (χ2v) is 5.78. The molecule has 2 heterocycles. The van der Waals surface area contributed by atoms with Crippen LogP contribution in [0.4, 0.5) is 0 Å². The zero-order chi connectivity index (χ0) is 14.7. The van der Waals surface area contributed by atoms with Gasteiger partial charge in [0.2, 0.25) is 0 Å². The van der Waals surface area contributed by atoms with Crippen molar-refractivity contribution in [1.82, 2.24) is 14.5 Å². The fourth-order valence-corrected chi connectivity index (χ4v) is 3.32. The van der Waals surface area contributed by atoms with Gasteiger partial charge in [-0.1, -0.05) is 37.3 Å². The Morgan fingerprint density at radius 1 is 1.33 bits per heavy atom. The highest BCUT2D eigenvalue weighted by atomic mass is 15.2. The predicted octanol–water partition coefficient (Wildman–Crippen LogP) is 2.42. The van der Waals surface area contributed by atoms with Crippen LogP contribution >= 0.6 is 0 Å². The molecular weight excluding hydrogens is 260 g/mol. The van der Waals surface area contributed by atoms with Crippen molar-refractivity contribution in [3.05, 3.63) is 54.1 Å². The third kappa shape index (κ3) is 3.01. The van der Waals surface area contributed by atoms with Crippen LogP contribution in [0, 0.1) is 0 Å². The van der Waals surface area contributed by atoms with E-state index in [9.17, 15) is 0 Å². The highest BCUT2D eigenvalue weighted by Crippen LogP contribution is 2.23. The molecule has 1 fully saturated rings. The predicted molar refractivity (Wildman–Crippen MR) is 85.0 cm³/mol. The maximum atomic E-state index is 6.43. The lowest BCUT2D eigenvalue weighted by Gasteiger charge is -2.25. The Labute approximate surface area is 126 Å². The van der Waals surface area contributed by atoms with Gasteiger partial charge in [0, 0.05) is 12.6 Å². The van der Waals surface area contributed by atoms with Crippen molar-refractivity contribution in [2.24, 2.45) is 5.73 Å². The van der Waals surface area contributed by atoms with E-state index < -0.39 is 0 Å². The zero-order valence-electron chi connectivity index (χ0n) is 12.7. The van der Waals surface area contributed by atoms with Crippen LogP contribution in [-0.4, -0.2) is 33.6 Å². The number of benzene rings is 1. The Bertz CT molecular complexity index is 563. The summed E-state index contributed by atoms with van der Waals surface area (Å²) in [5.74, 6) is 0. The Morgan fingerprint density at radius 2 is 2.14 bits per heavy atom. The van der Waals surface area contributed by atoms with Crippen molar-refractivity contribution in [2.45, 2.75) is 38.4 Å².